The normalized spacial score (nSPS) is 15.9. The van der Waals surface area contributed by atoms with E-state index in [1.165, 1.54) is 0 Å². The smallest absolute Gasteiger partial charge is 0.132 e. The lowest BCUT2D eigenvalue weighted by molar-refractivity contribution is 0.0548. The van der Waals surface area contributed by atoms with Crippen LogP contribution in [0.1, 0.15) is 32.3 Å². The van der Waals surface area contributed by atoms with Crippen LogP contribution in [0, 0.1) is 11.3 Å². The molecule has 0 bridgehead atoms. The minimum Gasteiger partial charge on any atom is -0.378 e. The zero-order valence-electron chi connectivity index (χ0n) is 10.5. The van der Waals surface area contributed by atoms with Crippen molar-refractivity contribution in [2.24, 2.45) is 5.73 Å². The van der Waals surface area contributed by atoms with Crippen molar-refractivity contribution >= 4 is 0 Å². The zero-order chi connectivity index (χ0) is 12.7. The van der Waals surface area contributed by atoms with E-state index in [4.69, 9.17) is 10.5 Å². The second-order valence-corrected chi connectivity index (χ2v) is 4.29. The molecule has 0 radical (unpaired) electrons. The van der Waals surface area contributed by atoms with Gasteiger partial charge in [-0.3, -0.25) is 0 Å². The Hall–Kier alpha value is -1.37. The third kappa shape index (κ3) is 3.85. The molecular weight excluding hydrogens is 212 g/mol. The van der Waals surface area contributed by atoms with Crippen LogP contribution in [0.3, 0.4) is 0 Å². The Morgan fingerprint density at radius 3 is 2.59 bits per heavy atom. The molecule has 1 rings (SSSR count). The SMILES string of the molecule is CCC(C)OCCC(N)(C#N)c1ccccc1. The van der Waals surface area contributed by atoms with E-state index in [0.717, 1.165) is 12.0 Å². The molecule has 0 spiro atoms. The molecule has 2 atom stereocenters. The van der Waals surface area contributed by atoms with Gasteiger partial charge in [-0.1, -0.05) is 37.3 Å². The maximum absolute atomic E-state index is 9.23. The van der Waals surface area contributed by atoms with E-state index in [9.17, 15) is 5.26 Å². The Balaban J connectivity index is 2.62. The molecule has 0 heterocycles. The van der Waals surface area contributed by atoms with Gasteiger partial charge in [-0.15, -0.1) is 0 Å². The van der Waals surface area contributed by atoms with Gasteiger partial charge < -0.3 is 10.5 Å². The largest absolute Gasteiger partial charge is 0.378 e. The maximum Gasteiger partial charge on any atom is 0.132 e. The highest BCUT2D eigenvalue weighted by Gasteiger charge is 2.26. The lowest BCUT2D eigenvalue weighted by Crippen LogP contribution is -2.36. The highest BCUT2D eigenvalue weighted by atomic mass is 16.5. The van der Waals surface area contributed by atoms with Gasteiger partial charge in [0.05, 0.1) is 18.8 Å². The van der Waals surface area contributed by atoms with Crippen LogP contribution in [0.4, 0.5) is 0 Å². The summed E-state index contributed by atoms with van der Waals surface area (Å²) in [5.41, 5.74) is 6.00. The van der Waals surface area contributed by atoms with Gasteiger partial charge in [-0.2, -0.15) is 5.26 Å². The Morgan fingerprint density at radius 1 is 1.41 bits per heavy atom. The maximum atomic E-state index is 9.23. The van der Waals surface area contributed by atoms with Gasteiger partial charge >= 0.3 is 0 Å². The molecule has 0 fully saturated rings. The Labute approximate surface area is 103 Å². The quantitative estimate of drug-likeness (QED) is 0.820. The van der Waals surface area contributed by atoms with E-state index < -0.39 is 5.54 Å². The summed E-state index contributed by atoms with van der Waals surface area (Å²) in [7, 11) is 0. The van der Waals surface area contributed by atoms with Crippen LogP contribution in [-0.2, 0) is 10.3 Å². The van der Waals surface area contributed by atoms with Crippen LogP contribution in [0.15, 0.2) is 30.3 Å². The molecule has 1 aromatic carbocycles. The molecule has 0 aliphatic heterocycles. The van der Waals surface area contributed by atoms with Gasteiger partial charge in [0, 0.05) is 6.42 Å². The van der Waals surface area contributed by atoms with E-state index in [1.54, 1.807) is 0 Å². The fraction of sp³-hybridized carbons (Fsp3) is 0.500. The summed E-state index contributed by atoms with van der Waals surface area (Å²) in [6.45, 7) is 4.60. The van der Waals surface area contributed by atoms with E-state index in [-0.39, 0.29) is 6.10 Å². The molecule has 92 valence electrons. The molecule has 2 unspecified atom stereocenters. The average molecular weight is 232 g/mol. The van der Waals surface area contributed by atoms with E-state index in [0.29, 0.717) is 13.0 Å². The first-order valence-corrected chi connectivity index (χ1v) is 5.99. The van der Waals surface area contributed by atoms with Crippen molar-refractivity contribution in [3.8, 4) is 6.07 Å². The summed E-state index contributed by atoms with van der Waals surface area (Å²) in [6, 6.07) is 11.6. The molecule has 2 N–H and O–H groups in total. The third-order valence-electron chi connectivity index (χ3n) is 2.96. The Bertz CT molecular complexity index is 372. The fourth-order valence-electron chi connectivity index (χ4n) is 1.54. The topological polar surface area (TPSA) is 59.0 Å². The van der Waals surface area contributed by atoms with Crippen LogP contribution < -0.4 is 5.73 Å². The van der Waals surface area contributed by atoms with E-state index in [1.807, 2.05) is 37.3 Å². The minimum atomic E-state index is -0.950. The van der Waals surface area contributed by atoms with Crippen LogP contribution >= 0.6 is 0 Å². The van der Waals surface area contributed by atoms with E-state index in [2.05, 4.69) is 13.0 Å². The monoisotopic (exact) mass is 232 g/mol. The molecule has 1 aromatic rings. The van der Waals surface area contributed by atoms with Crippen LogP contribution in [0.25, 0.3) is 0 Å². The summed E-state index contributed by atoms with van der Waals surface area (Å²) in [5.74, 6) is 0. The molecule has 0 saturated carbocycles. The first-order chi connectivity index (χ1) is 8.12. The molecule has 0 aromatic heterocycles. The number of ether oxygens (including phenoxy) is 1. The molecule has 0 aliphatic carbocycles. The minimum absolute atomic E-state index is 0.216. The number of nitrogens with zero attached hydrogens (tertiary/aromatic N) is 1. The van der Waals surface area contributed by atoms with Gasteiger partial charge in [0.25, 0.3) is 0 Å². The second-order valence-electron chi connectivity index (χ2n) is 4.29. The van der Waals surface area contributed by atoms with Crippen molar-refractivity contribution in [2.75, 3.05) is 6.61 Å². The summed E-state index contributed by atoms with van der Waals surface area (Å²) in [5, 5.41) is 9.23. The lowest BCUT2D eigenvalue weighted by Gasteiger charge is -2.22. The lowest BCUT2D eigenvalue weighted by atomic mass is 9.89. The van der Waals surface area contributed by atoms with Crippen LogP contribution in [0.2, 0.25) is 0 Å². The van der Waals surface area contributed by atoms with Gasteiger partial charge in [0.15, 0.2) is 0 Å². The standard InChI is InChI=1S/C14H20N2O/c1-3-12(2)17-10-9-14(16,11-15)13-7-5-4-6-8-13/h4-8,12H,3,9-10,16H2,1-2H3. The summed E-state index contributed by atoms with van der Waals surface area (Å²) < 4.78 is 5.58. The third-order valence-corrected chi connectivity index (χ3v) is 2.96. The Morgan fingerprint density at radius 2 is 2.06 bits per heavy atom. The van der Waals surface area contributed by atoms with Crippen molar-refractivity contribution in [3.63, 3.8) is 0 Å². The number of rotatable bonds is 6. The molecule has 3 heteroatoms. The molecule has 0 aliphatic rings. The van der Waals surface area contributed by atoms with Gasteiger partial charge in [-0.25, -0.2) is 0 Å². The Kier molecular flexibility index (Phi) is 5.14. The number of nitrogens with two attached hydrogens (primary N) is 1. The van der Waals surface area contributed by atoms with Gasteiger partial charge in [0.1, 0.15) is 5.54 Å². The van der Waals surface area contributed by atoms with Crippen molar-refractivity contribution in [1.29, 1.82) is 5.26 Å². The highest BCUT2D eigenvalue weighted by molar-refractivity contribution is 5.30. The zero-order valence-corrected chi connectivity index (χ0v) is 10.5. The average Bonchev–Trinajstić information content (AvgIpc) is 2.39. The van der Waals surface area contributed by atoms with Crippen molar-refractivity contribution in [2.45, 2.75) is 38.3 Å². The number of benzene rings is 1. The fourth-order valence-corrected chi connectivity index (χ4v) is 1.54. The number of hydrogen-bond donors (Lipinski definition) is 1. The van der Waals surface area contributed by atoms with Gasteiger partial charge in [-0.05, 0) is 18.9 Å². The second kappa shape index (κ2) is 6.39. The van der Waals surface area contributed by atoms with Crippen molar-refractivity contribution < 1.29 is 4.74 Å². The summed E-state index contributed by atoms with van der Waals surface area (Å²) in [4.78, 5) is 0. The first-order valence-electron chi connectivity index (χ1n) is 5.99. The highest BCUT2D eigenvalue weighted by Crippen LogP contribution is 2.21. The predicted octanol–water partition coefficient (Wildman–Crippen LogP) is 2.57. The summed E-state index contributed by atoms with van der Waals surface area (Å²) in [6.07, 6.45) is 1.70. The first kappa shape index (κ1) is 13.7. The summed E-state index contributed by atoms with van der Waals surface area (Å²) >= 11 is 0. The van der Waals surface area contributed by atoms with Crippen LogP contribution in [0.5, 0.6) is 0 Å². The molecule has 0 saturated heterocycles. The molecule has 0 amide bonds. The van der Waals surface area contributed by atoms with Crippen molar-refractivity contribution in [3.05, 3.63) is 35.9 Å². The molecular formula is C14H20N2O. The van der Waals surface area contributed by atoms with E-state index >= 15 is 0 Å². The number of hydrogen-bond acceptors (Lipinski definition) is 3. The predicted molar refractivity (Wildman–Crippen MR) is 68.2 cm³/mol. The van der Waals surface area contributed by atoms with Crippen molar-refractivity contribution in [1.82, 2.24) is 0 Å². The van der Waals surface area contributed by atoms with Gasteiger partial charge in [0.2, 0.25) is 0 Å². The molecule has 3 nitrogen and oxygen atoms in total. The molecule has 17 heavy (non-hydrogen) atoms. The number of nitriles is 1. The van der Waals surface area contributed by atoms with Crippen LogP contribution in [-0.4, -0.2) is 12.7 Å².